The van der Waals surface area contributed by atoms with E-state index in [4.69, 9.17) is 9.84 Å². The highest BCUT2D eigenvalue weighted by molar-refractivity contribution is 5.67. The number of ether oxygens (including phenoxy) is 1. The molecule has 0 aromatic carbocycles. The standard InChI is InChI=1S/C11H23NO3/c1-9(6-5-7-13)8-12-10(14)15-11(2,3)4/h9,13H,5-8H2,1-4H3,(H,12,14)/t9-/m1/s1. The Kier molecular flexibility index (Phi) is 6.32. The van der Waals surface area contributed by atoms with Crippen molar-refractivity contribution >= 4 is 6.09 Å². The highest BCUT2D eigenvalue weighted by Gasteiger charge is 2.16. The Morgan fingerprint density at radius 2 is 2.07 bits per heavy atom. The number of nitrogens with one attached hydrogen (secondary N) is 1. The van der Waals surface area contributed by atoms with E-state index >= 15 is 0 Å². The van der Waals surface area contributed by atoms with Crippen LogP contribution in [0.2, 0.25) is 0 Å². The maximum atomic E-state index is 11.3. The number of hydrogen-bond donors (Lipinski definition) is 2. The van der Waals surface area contributed by atoms with Crippen molar-refractivity contribution < 1.29 is 14.6 Å². The molecule has 4 heteroatoms. The lowest BCUT2D eigenvalue weighted by atomic mass is 10.1. The molecule has 0 aliphatic carbocycles. The molecule has 0 unspecified atom stereocenters. The van der Waals surface area contributed by atoms with Crippen molar-refractivity contribution in [2.75, 3.05) is 13.2 Å². The van der Waals surface area contributed by atoms with Crippen LogP contribution in [0.3, 0.4) is 0 Å². The lowest BCUT2D eigenvalue weighted by Crippen LogP contribution is -2.34. The number of alkyl carbamates (subject to hydrolysis) is 1. The lowest BCUT2D eigenvalue weighted by Gasteiger charge is -2.20. The van der Waals surface area contributed by atoms with E-state index in [1.165, 1.54) is 0 Å². The molecule has 0 heterocycles. The van der Waals surface area contributed by atoms with Crippen LogP contribution in [0.4, 0.5) is 4.79 Å². The maximum absolute atomic E-state index is 11.3. The Hall–Kier alpha value is -0.770. The van der Waals surface area contributed by atoms with Crippen LogP contribution in [0.5, 0.6) is 0 Å². The highest BCUT2D eigenvalue weighted by Crippen LogP contribution is 2.07. The average molecular weight is 217 g/mol. The summed E-state index contributed by atoms with van der Waals surface area (Å²) in [6, 6.07) is 0. The van der Waals surface area contributed by atoms with Gasteiger partial charge in [0.05, 0.1) is 0 Å². The Bertz CT molecular complexity index is 187. The van der Waals surface area contributed by atoms with Gasteiger partial charge in [0.2, 0.25) is 0 Å². The van der Waals surface area contributed by atoms with Gasteiger partial charge in [-0.3, -0.25) is 0 Å². The van der Waals surface area contributed by atoms with Crippen LogP contribution < -0.4 is 5.32 Å². The molecule has 0 radical (unpaired) electrons. The molecule has 0 saturated heterocycles. The zero-order valence-corrected chi connectivity index (χ0v) is 10.2. The fourth-order valence-corrected chi connectivity index (χ4v) is 1.11. The van der Waals surface area contributed by atoms with Crippen LogP contribution in [0.1, 0.15) is 40.5 Å². The minimum absolute atomic E-state index is 0.205. The summed E-state index contributed by atoms with van der Waals surface area (Å²) in [7, 11) is 0. The first-order valence-electron chi connectivity index (χ1n) is 5.43. The van der Waals surface area contributed by atoms with E-state index in [-0.39, 0.29) is 12.7 Å². The van der Waals surface area contributed by atoms with Gasteiger partial charge in [0.25, 0.3) is 0 Å². The molecule has 1 atom stereocenters. The third-order valence-electron chi connectivity index (χ3n) is 1.85. The number of carbonyl (C=O) groups is 1. The van der Waals surface area contributed by atoms with Gasteiger partial charge in [-0.05, 0) is 39.5 Å². The van der Waals surface area contributed by atoms with Gasteiger partial charge in [0, 0.05) is 13.2 Å². The Morgan fingerprint density at radius 1 is 1.47 bits per heavy atom. The monoisotopic (exact) mass is 217 g/mol. The first-order chi connectivity index (χ1) is 6.85. The highest BCUT2D eigenvalue weighted by atomic mass is 16.6. The molecule has 0 bridgehead atoms. The summed E-state index contributed by atoms with van der Waals surface area (Å²) in [5.41, 5.74) is -0.446. The van der Waals surface area contributed by atoms with Crippen LogP contribution in [0.25, 0.3) is 0 Å². The van der Waals surface area contributed by atoms with Crippen LogP contribution in [-0.2, 0) is 4.74 Å². The molecule has 4 nitrogen and oxygen atoms in total. The number of hydrogen-bond acceptors (Lipinski definition) is 3. The molecule has 15 heavy (non-hydrogen) atoms. The normalized spacial score (nSPS) is 13.4. The molecule has 0 aromatic heterocycles. The summed E-state index contributed by atoms with van der Waals surface area (Å²) in [6.07, 6.45) is 1.31. The predicted octanol–water partition coefficient (Wildman–Crippen LogP) is 1.92. The van der Waals surface area contributed by atoms with Gasteiger partial charge in [-0.15, -0.1) is 0 Å². The second-order valence-electron chi connectivity index (χ2n) is 4.85. The molecule has 0 rings (SSSR count). The minimum atomic E-state index is -0.446. The molecule has 0 fully saturated rings. The fraction of sp³-hybridized carbons (Fsp3) is 0.909. The van der Waals surface area contributed by atoms with Crippen molar-refractivity contribution in [2.45, 2.75) is 46.1 Å². The smallest absolute Gasteiger partial charge is 0.407 e. The third kappa shape index (κ3) is 9.53. The number of amides is 1. The Morgan fingerprint density at radius 3 is 2.53 bits per heavy atom. The van der Waals surface area contributed by atoms with Gasteiger partial charge in [-0.2, -0.15) is 0 Å². The molecule has 2 N–H and O–H groups in total. The number of carbonyl (C=O) groups excluding carboxylic acids is 1. The van der Waals surface area contributed by atoms with Gasteiger partial charge < -0.3 is 15.2 Å². The van der Waals surface area contributed by atoms with E-state index in [0.29, 0.717) is 12.5 Å². The van der Waals surface area contributed by atoms with Crippen LogP contribution in [-0.4, -0.2) is 30.0 Å². The van der Waals surface area contributed by atoms with E-state index in [1.54, 1.807) is 0 Å². The van der Waals surface area contributed by atoms with Crippen molar-refractivity contribution in [1.82, 2.24) is 5.32 Å². The van der Waals surface area contributed by atoms with Crippen molar-refractivity contribution in [3.63, 3.8) is 0 Å². The summed E-state index contributed by atoms with van der Waals surface area (Å²) in [4.78, 5) is 11.3. The van der Waals surface area contributed by atoms with Crippen molar-refractivity contribution in [1.29, 1.82) is 0 Å². The lowest BCUT2D eigenvalue weighted by molar-refractivity contribution is 0.0519. The van der Waals surface area contributed by atoms with E-state index in [2.05, 4.69) is 5.32 Å². The van der Waals surface area contributed by atoms with Gasteiger partial charge in [-0.1, -0.05) is 6.92 Å². The van der Waals surface area contributed by atoms with Crippen LogP contribution in [0, 0.1) is 5.92 Å². The summed E-state index contributed by atoms with van der Waals surface area (Å²) >= 11 is 0. The average Bonchev–Trinajstić information content (AvgIpc) is 2.08. The number of aliphatic hydroxyl groups is 1. The van der Waals surface area contributed by atoms with Crippen LogP contribution in [0.15, 0.2) is 0 Å². The van der Waals surface area contributed by atoms with E-state index < -0.39 is 5.60 Å². The molecule has 0 aromatic rings. The fourth-order valence-electron chi connectivity index (χ4n) is 1.11. The van der Waals surface area contributed by atoms with Gasteiger partial charge in [-0.25, -0.2) is 4.79 Å². The summed E-state index contributed by atoms with van der Waals surface area (Å²) in [5, 5.41) is 11.3. The van der Waals surface area contributed by atoms with Crippen LogP contribution >= 0.6 is 0 Å². The number of aliphatic hydroxyl groups excluding tert-OH is 1. The zero-order valence-electron chi connectivity index (χ0n) is 10.2. The molecule has 0 aliphatic rings. The molecule has 90 valence electrons. The predicted molar refractivity (Wildman–Crippen MR) is 59.7 cm³/mol. The van der Waals surface area contributed by atoms with E-state index in [9.17, 15) is 4.79 Å². The molecule has 1 amide bonds. The van der Waals surface area contributed by atoms with E-state index in [0.717, 1.165) is 12.8 Å². The molecular weight excluding hydrogens is 194 g/mol. The minimum Gasteiger partial charge on any atom is -0.444 e. The first kappa shape index (κ1) is 14.2. The SMILES string of the molecule is C[C@H](CCCO)CNC(=O)OC(C)(C)C. The summed E-state index contributed by atoms with van der Waals surface area (Å²) in [5.74, 6) is 0.365. The van der Waals surface area contributed by atoms with Gasteiger partial charge in [0.15, 0.2) is 0 Å². The molecule has 0 aliphatic heterocycles. The van der Waals surface area contributed by atoms with Crippen molar-refractivity contribution in [3.8, 4) is 0 Å². The van der Waals surface area contributed by atoms with Gasteiger partial charge >= 0.3 is 6.09 Å². The first-order valence-corrected chi connectivity index (χ1v) is 5.43. The van der Waals surface area contributed by atoms with Crippen molar-refractivity contribution in [2.24, 2.45) is 5.92 Å². The largest absolute Gasteiger partial charge is 0.444 e. The topological polar surface area (TPSA) is 58.6 Å². The Labute approximate surface area is 92.0 Å². The third-order valence-corrected chi connectivity index (χ3v) is 1.85. The molecule has 0 saturated carbocycles. The molecular formula is C11H23NO3. The zero-order chi connectivity index (χ0) is 11.9. The maximum Gasteiger partial charge on any atom is 0.407 e. The quantitative estimate of drug-likeness (QED) is 0.739. The van der Waals surface area contributed by atoms with Gasteiger partial charge in [0.1, 0.15) is 5.60 Å². The summed E-state index contributed by atoms with van der Waals surface area (Å²) in [6.45, 7) is 8.34. The van der Waals surface area contributed by atoms with E-state index in [1.807, 2.05) is 27.7 Å². The van der Waals surface area contributed by atoms with Crippen molar-refractivity contribution in [3.05, 3.63) is 0 Å². The number of rotatable bonds is 5. The second-order valence-corrected chi connectivity index (χ2v) is 4.85. The second kappa shape index (κ2) is 6.67. The Balaban J connectivity index is 3.62. The molecule has 0 spiro atoms. The summed E-state index contributed by atoms with van der Waals surface area (Å²) < 4.78 is 5.09.